The zero-order chi connectivity index (χ0) is 14.3. The lowest BCUT2D eigenvalue weighted by Crippen LogP contribution is -2.16. The van der Waals surface area contributed by atoms with Gasteiger partial charge >= 0.3 is 6.18 Å². The summed E-state index contributed by atoms with van der Waals surface area (Å²) < 4.78 is 42.7. The highest BCUT2D eigenvalue weighted by Gasteiger charge is 2.31. The Morgan fingerprint density at radius 1 is 1.26 bits per heavy atom. The average Bonchev–Trinajstić information content (AvgIpc) is 2.37. The number of hydrogen-bond acceptors (Lipinski definition) is 6. The number of nitrogens with one attached hydrogen (secondary N) is 2. The number of ether oxygens (including phenoxy) is 1. The maximum atomic E-state index is 12.6. The van der Waals surface area contributed by atoms with Gasteiger partial charge in [0.25, 0.3) is 0 Å². The highest BCUT2D eigenvalue weighted by Crippen LogP contribution is 2.31. The SMILES string of the molecule is NNc1cc(C(F)(F)F)cc(NCCOCCO)n1. The number of nitrogen functional groups attached to an aromatic ring is 1. The number of rotatable bonds is 7. The third kappa shape index (κ3) is 5.28. The van der Waals surface area contributed by atoms with Gasteiger partial charge in [0.1, 0.15) is 11.6 Å². The van der Waals surface area contributed by atoms with Crippen molar-refractivity contribution in [3.63, 3.8) is 0 Å². The average molecular weight is 280 g/mol. The first-order chi connectivity index (χ1) is 8.97. The van der Waals surface area contributed by atoms with Gasteiger partial charge in [-0.1, -0.05) is 0 Å². The maximum absolute atomic E-state index is 12.6. The van der Waals surface area contributed by atoms with Gasteiger partial charge in [0.15, 0.2) is 0 Å². The Morgan fingerprint density at radius 3 is 2.53 bits per heavy atom. The molecule has 0 unspecified atom stereocenters. The van der Waals surface area contributed by atoms with Crippen LogP contribution in [0, 0.1) is 0 Å². The molecule has 6 nitrogen and oxygen atoms in total. The number of hydrogen-bond donors (Lipinski definition) is 4. The van der Waals surface area contributed by atoms with E-state index in [-0.39, 0.29) is 38.0 Å². The number of aliphatic hydroxyl groups excluding tert-OH is 1. The van der Waals surface area contributed by atoms with Gasteiger partial charge in [0.2, 0.25) is 0 Å². The van der Waals surface area contributed by atoms with Gasteiger partial charge in [-0.15, -0.1) is 0 Å². The van der Waals surface area contributed by atoms with Crippen molar-refractivity contribution >= 4 is 11.6 Å². The van der Waals surface area contributed by atoms with Gasteiger partial charge in [-0.05, 0) is 12.1 Å². The number of hydrazine groups is 1. The first kappa shape index (κ1) is 15.5. The zero-order valence-electron chi connectivity index (χ0n) is 10.00. The molecule has 0 saturated heterocycles. The van der Waals surface area contributed by atoms with Crippen LogP contribution in [-0.2, 0) is 10.9 Å². The van der Waals surface area contributed by atoms with Gasteiger partial charge < -0.3 is 20.6 Å². The van der Waals surface area contributed by atoms with Crippen LogP contribution in [-0.4, -0.2) is 36.5 Å². The van der Waals surface area contributed by atoms with Gasteiger partial charge in [-0.3, -0.25) is 0 Å². The Morgan fingerprint density at radius 2 is 1.95 bits per heavy atom. The molecular formula is C10H15F3N4O2. The molecule has 0 spiro atoms. The van der Waals surface area contributed by atoms with Crippen molar-refractivity contribution in [3.05, 3.63) is 17.7 Å². The van der Waals surface area contributed by atoms with E-state index in [1.165, 1.54) is 0 Å². The van der Waals surface area contributed by atoms with Crippen LogP contribution in [0.15, 0.2) is 12.1 Å². The minimum atomic E-state index is -4.47. The Labute approximate surface area is 107 Å². The number of pyridine rings is 1. The predicted molar refractivity (Wildman–Crippen MR) is 63.4 cm³/mol. The van der Waals surface area contributed by atoms with Gasteiger partial charge in [0, 0.05) is 6.54 Å². The van der Waals surface area contributed by atoms with E-state index in [0.717, 1.165) is 12.1 Å². The lowest BCUT2D eigenvalue weighted by molar-refractivity contribution is -0.137. The minimum Gasteiger partial charge on any atom is -0.394 e. The number of alkyl halides is 3. The number of aromatic nitrogens is 1. The third-order valence-corrected chi connectivity index (χ3v) is 2.09. The molecule has 0 fully saturated rings. The van der Waals surface area contributed by atoms with Crippen LogP contribution in [0.3, 0.4) is 0 Å². The fraction of sp³-hybridized carbons (Fsp3) is 0.500. The smallest absolute Gasteiger partial charge is 0.394 e. The number of halogens is 3. The van der Waals surface area contributed by atoms with Crippen molar-refractivity contribution in [3.8, 4) is 0 Å². The van der Waals surface area contributed by atoms with Crippen LogP contribution in [0.2, 0.25) is 0 Å². The molecule has 1 heterocycles. The van der Waals surface area contributed by atoms with Crippen LogP contribution < -0.4 is 16.6 Å². The fourth-order valence-corrected chi connectivity index (χ4v) is 1.28. The van der Waals surface area contributed by atoms with Crippen molar-refractivity contribution < 1.29 is 23.0 Å². The molecule has 108 valence electrons. The van der Waals surface area contributed by atoms with Crippen LogP contribution in [0.5, 0.6) is 0 Å². The van der Waals surface area contributed by atoms with Crippen LogP contribution in [0.4, 0.5) is 24.8 Å². The Bertz CT molecular complexity index is 401. The Balaban J connectivity index is 2.67. The van der Waals surface area contributed by atoms with Gasteiger partial charge in [0.05, 0.1) is 25.4 Å². The monoisotopic (exact) mass is 280 g/mol. The van der Waals surface area contributed by atoms with Crippen molar-refractivity contribution in [1.29, 1.82) is 0 Å². The standard InChI is InChI=1S/C10H15F3N4O2/c11-10(12,13)7-5-8(16-9(6-7)17-14)15-1-3-19-4-2-18/h5-6,18H,1-4,14H2,(H2,15,16,17). The molecule has 0 aliphatic heterocycles. The Kier molecular flexibility index (Phi) is 5.80. The molecule has 0 atom stereocenters. The van der Waals surface area contributed by atoms with Crippen LogP contribution in [0.1, 0.15) is 5.56 Å². The van der Waals surface area contributed by atoms with E-state index in [1.807, 2.05) is 0 Å². The summed E-state index contributed by atoms with van der Waals surface area (Å²) in [4.78, 5) is 3.83. The number of anilines is 2. The second-order valence-corrected chi connectivity index (χ2v) is 3.53. The van der Waals surface area contributed by atoms with E-state index in [9.17, 15) is 13.2 Å². The lowest BCUT2D eigenvalue weighted by Gasteiger charge is -2.12. The molecule has 0 aromatic carbocycles. The molecule has 0 radical (unpaired) electrons. The molecule has 9 heteroatoms. The largest absolute Gasteiger partial charge is 0.416 e. The number of aliphatic hydroxyl groups is 1. The lowest BCUT2D eigenvalue weighted by atomic mass is 10.2. The summed E-state index contributed by atoms with van der Waals surface area (Å²) in [5.74, 6) is 5.01. The summed E-state index contributed by atoms with van der Waals surface area (Å²) in [6.07, 6.45) is -4.47. The highest BCUT2D eigenvalue weighted by molar-refractivity contribution is 5.49. The molecule has 0 bridgehead atoms. The van der Waals surface area contributed by atoms with E-state index in [2.05, 4.69) is 15.7 Å². The molecule has 0 amide bonds. The highest BCUT2D eigenvalue weighted by atomic mass is 19.4. The van der Waals surface area contributed by atoms with E-state index in [0.29, 0.717) is 0 Å². The predicted octanol–water partition coefficient (Wildman–Crippen LogP) is 0.807. The third-order valence-electron chi connectivity index (χ3n) is 2.09. The van der Waals surface area contributed by atoms with Crippen molar-refractivity contribution in [2.75, 3.05) is 37.1 Å². The molecule has 19 heavy (non-hydrogen) atoms. The second-order valence-electron chi connectivity index (χ2n) is 3.53. The quantitative estimate of drug-likeness (QED) is 0.335. The summed E-state index contributed by atoms with van der Waals surface area (Å²) in [6, 6.07) is 1.69. The van der Waals surface area contributed by atoms with Crippen LogP contribution >= 0.6 is 0 Å². The van der Waals surface area contributed by atoms with Gasteiger partial charge in [-0.25, -0.2) is 10.8 Å². The molecule has 0 aliphatic rings. The zero-order valence-corrected chi connectivity index (χ0v) is 10.00. The molecule has 0 saturated carbocycles. The summed E-state index contributed by atoms with van der Waals surface area (Å²) in [5, 5.41) is 11.1. The first-order valence-corrected chi connectivity index (χ1v) is 5.45. The van der Waals surface area contributed by atoms with E-state index in [4.69, 9.17) is 15.7 Å². The van der Waals surface area contributed by atoms with E-state index in [1.54, 1.807) is 0 Å². The summed E-state index contributed by atoms with van der Waals surface area (Å²) in [5.41, 5.74) is 1.22. The molecule has 5 N–H and O–H groups in total. The van der Waals surface area contributed by atoms with E-state index >= 15 is 0 Å². The van der Waals surface area contributed by atoms with E-state index < -0.39 is 11.7 Å². The maximum Gasteiger partial charge on any atom is 0.416 e. The molecule has 0 aliphatic carbocycles. The minimum absolute atomic E-state index is 0.0374. The van der Waals surface area contributed by atoms with Crippen molar-refractivity contribution in [2.24, 2.45) is 5.84 Å². The topological polar surface area (TPSA) is 92.4 Å². The number of nitrogens with zero attached hydrogens (tertiary/aromatic N) is 1. The number of nitrogens with two attached hydrogens (primary N) is 1. The molecule has 1 aromatic heterocycles. The van der Waals surface area contributed by atoms with Gasteiger partial charge in [-0.2, -0.15) is 13.2 Å². The van der Waals surface area contributed by atoms with Crippen molar-refractivity contribution in [1.82, 2.24) is 4.98 Å². The normalized spacial score (nSPS) is 11.4. The molecular weight excluding hydrogens is 265 g/mol. The second kappa shape index (κ2) is 7.12. The molecule has 1 rings (SSSR count). The van der Waals surface area contributed by atoms with Crippen LogP contribution in [0.25, 0.3) is 0 Å². The Hall–Kier alpha value is -1.58. The summed E-state index contributed by atoms with van der Waals surface area (Å²) >= 11 is 0. The molecule has 1 aromatic rings. The fourth-order valence-electron chi connectivity index (χ4n) is 1.28. The first-order valence-electron chi connectivity index (χ1n) is 5.45. The summed E-state index contributed by atoms with van der Waals surface area (Å²) in [6.45, 7) is 0.568. The summed E-state index contributed by atoms with van der Waals surface area (Å²) in [7, 11) is 0. The van der Waals surface area contributed by atoms with Crippen molar-refractivity contribution in [2.45, 2.75) is 6.18 Å².